The second kappa shape index (κ2) is 3.41. The first kappa shape index (κ1) is 10.0. The predicted octanol–water partition coefficient (Wildman–Crippen LogP) is 1.22. The number of rotatable bonds is 2. The summed E-state index contributed by atoms with van der Waals surface area (Å²) in [6.45, 7) is 0.806. The molecule has 86 valence electrons. The summed E-state index contributed by atoms with van der Waals surface area (Å²) in [5.74, 6) is 1.63. The van der Waals surface area contributed by atoms with Crippen LogP contribution in [0.15, 0.2) is 0 Å². The summed E-state index contributed by atoms with van der Waals surface area (Å²) in [6, 6.07) is -0.133. The topological polar surface area (TPSA) is 53.9 Å². The van der Waals surface area contributed by atoms with Gasteiger partial charge in [-0.1, -0.05) is 0 Å². The summed E-state index contributed by atoms with van der Waals surface area (Å²) >= 11 is 5.22. The molecule has 0 spiro atoms. The number of likely N-dealkylation sites (tertiary alicyclic amines) is 1. The van der Waals surface area contributed by atoms with Gasteiger partial charge in [-0.25, -0.2) is 0 Å². The molecule has 1 aromatic heterocycles. The van der Waals surface area contributed by atoms with Crippen LogP contribution in [0.4, 0.5) is 0 Å². The van der Waals surface area contributed by atoms with Crippen molar-refractivity contribution in [2.75, 3.05) is 13.6 Å². The maximum Gasteiger partial charge on any atom is 0.245 e. The van der Waals surface area contributed by atoms with Crippen LogP contribution < -0.4 is 0 Å². The van der Waals surface area contributed by atoms with E-state index in [0.29, 0.717) is 10.7 Å². The van der Waals surface area contributed by atoms with Gasteiger partial charge in [-0.3, -0.25) is 14.5 Å². The minimum Gasteiger partial charge on any atom is -0.344 e. The Morgan fingerprint density at radius 2 is 2.19 bits per heavy atom. The number of hydrogen-bond donors (Lipinski definition) is 1. The van der Waals surface area contributed by atoms with Crippen LogP contribution in [0.25, 0.3) is 0 Å². The fraction of sp³-hybridized carbons (Fsp3) is 0.700. The van der Waals surface area contributed by atoms with E-state index in [9.17, 15) is 4.79 Å². The fourth-order valence-corrected chi connectivity index (χ4v) is 2.56. The van der Waals surface area contributed by atoms with Gasteiger partial charge in [0, 0.05) is 19.5 Å². The Morgan fingerprint density at radius 3 is 2.75 bits per heavy atom. The van der Waals surface area contributed by atoms with Gasteiger partial charge in [-0.2, -0.15) is 5.10 Å². The monoisotopic (exact) mass is 238 g/mol. The summed E-state index contributed by atoms with van der Waals surface area (Å²) < 4.78 is 2.51. The van der Waals surface area contributed by atoms with Crippen molar-refractivity contribution in [1.29, 1.82) is 0 Å². The maximum atomic E-state index is 12.0. The molecule has 2 fully saturated rings. The van der Waals surface area contributed by atoms with Crippen molar-refractivity contribution in [1.82, 2.24) is 19.7 Å². The molecule has 2 aliphatic rings. The van der Waals surface area contributed by atoms with Crippen LogP contribution in [-0.4, -0.2) is 39.2 Å². The standard InChI is InChI=1S/C10H14N4OS/c1-13-5-4-7(9(13)15)14-8(6-2-3-6)11-12-10(14)16/h6-7H,2-5H2,1H3,(H,12,16). The van der Waals surface area contributed by atoms with Gasteiger partial charge in [0.1, 0.15) is 11.9 Å². The zero-order chi connectivity index (χ0) is 11.3. The van der Waals surface area contributed by atoms with Crippen molar-refractivity contribution >= 4 is 18.1 Å². The van der Waals surface area contributed by atoms with E-state index >= 15 is 0 Å². The lowest BCUT2D eigenvalue weighted by atomic mass is 10.2. The Kier molecular flexibility index (Phi) is 2.14. The fourth-order valence-electron chi connectivity index (χ4n) is 2.29. The third-order valence-electron chi connectivity index (χ3n) is 3.39. The summed E-state index contributed by atoms with van der Waals surface area (Å²) in [5.41, 5.74) is 0. The molecular formula is C10H14N4OS. The average molecular weight is 238 g/mol. The second-order valence-electron chi connectivity index (χ2n) is 4.60. The molecule has 0 bridgehead atoms. The molecule has 1 saturated carbocycles. The van der Waals surface area contributed by atoms with Crippen LogP contribution in [0.2, 0.25) is 0 Å². The number of nitrogens with one attached hydrogen (secondary N) is 1. The first-order valence-electron chi connectivity index (χ1n) is 5.60. The zero-order valence-electron chi connectivity index (χ0n) is 9.14. The molecule has 1 N–H and O–H groups in total. The highest BCUT2D eigenvalue weighted by Crippen LogP contribution is 2.40. The molecule has 1 aliphatic heterocycles. The number of likely N-dealkylation sites (N-methyl/N-ethyl adjacent to an activating group) is 1. The molecule has 0 radical (unpaired) electrons. The molecule has 3 rings (SSSR count). The first-order valence-corrected chi connectivity index (χ1v) is 6.01. The summed E-state index contributed by atoms with van der Waals surface area (Å²) in [5, 5.41) is 7.07. The van der Waals surface area contributed by atoms with E-state index in [0.717, 1.165) is 31.6 Å². The number of carbonyl (C=O) groups excluding carboxylic acids is 1. The zero-order valence-corrected chi connectivity index (χ0v) is 9.96. The van der Waals surface area contributed by atoms with Gasteiger partial charge in [-0.15, -0.1) is 0 Å². The lowest BCUT2D eigenvalue weighted by Crippen LogP contribution is -2.25. The van der Waals surface area contributed by atoms with Crippen LogP contribution in [0.5, 0.6) is 0 Å². The lowest BCUT2D eigenvalue weighted by molar-refractivity contribution is -0.129. The van der Waals surface area contributed by atoms with Crippen molar-refractivity contribution in [2.24, 2.45) is 0 Å². The van der Waals surface area contributed by atoms with Gasteiger partial charge < -0.3 is 4.90 Å². The minimum absolute atomic E-state index is 0.133. The van der Waals surface area contributed by atoms with Crippen molar-refractivity contribution in [3.05, 3.63) is 10.6 Å². The van der Waals surface area contributed by atoms with Crippen LogP contribution in [-0.2, 0) is 4.79 Å². The summed E-state index contributed by atoms with van der Waals surface area (Å²) in [6.07, 6.45) is 3.16. The van der Waals surface area contributed by atoms with E-state index in [2.05, 4.69) is 10.2 Å². The number of hydrogen-bond acceptors (Lipinski definition) is 3. The van der Waals surface area contributed by atoms with E-state index in [1.165, 1.54) is 0 Å². The van der Waals surface area contributed by atoms with Crippen LogP contribution >= 0.6 is 12.2 Å². The molecule has 16 heavy (non-hydrogen) atoms. The Labute approximate surface area is 98.4 Å². The van der Waals surface area contributed by atoms with E-state index in [1.807, 2.05) is 11.6 Å². The largest absolute Gasteiger partial charge is 0.344 e. The molecule has 1 saturated heterocycles. The number of carbonyl (C=O) groups is 1. The molecule has 1 unspecified atom stereocenters. The highest BCUT2D eigenvalue weighted by molar-refractivity contribution is 7.71. The number of H-pyrrole nitrogens is 1. The Bertz CT molecular complexity index is 487. The van der Waals surface area contributed by atoms with E-state index in [-0.39, 0.29) is 11.9 Å². The van der Waals surface area contributed by atoms with Crippen LogP contribution in [0.3, 0.4) is 0 Å². The third kappa shape index (κ3) is 1.40. The molecule has 1 aliphatic carbocycles. The molecule has 5 nitrogen and oxygen atoms in total. The molecular weight excluding hydrogens is 224 g/mol. The highest BCUT2D eigenvalue weighted by atomic mass is 32.1. The summed E-state index contributed by atoms with van der Waals surface area (Å²) in [4.78, 5) is 13.7. The quantitative estimate of drug-likeness (QED) is 0.788. The van der Waals surface area contributed by atoms with Crippen LogP contribution in [0, 0.1) is 4.77 Å². The highest BCUT2D eigenvalue weighted by Gasteiger charge is 2.36. The summed E-state index contributed by atoms with van der Waals surface area (Å²) in [7, 11) is 1.84. The van der Waals surface area contributed by atoms with Crippen molar-refractivity contribution in [2.45, 2.75) is 31.2 Å². The molecule has 2 heterocycles. The van der Waals surface area contributed by atoms with Gasteiger partial charge in [0.05, 0.1) is 0 Å². The van der Waals surface area contributed by atoms with Crippen LogP contribution in [0.1, 0.15) is 37.0 Å². The minimum atomic E-state index is -0.133. The Hall–Kier alpha value is -1.17. The number of nitrogens with zero attached hydrogens (tertiary/aromatic N) is 3. The lowest BCUT2D eigenvalue weighted by Gasteiger charge is -2.13. The first-order chi connectivity index (χ1) is 7.68. The normalized spacial score (nSPS) is 25.4. The Balaban J connectivity index is 2.02. The third-order valence-corrected chi connectivity index (χ3v) is 3.67. The van der Waals surface area contributed by atoms with Gasteiger partial charge >= 0.3 is 0 Å². The number of aromatic amines is 1. The molecule has 1 amide bonds. The maximum absolute atomic E-state index is 12.0. The van der Waals surface area contributed by atoms with E-state index in [1.54, 1.807) is 4.90 Å². The van der Waals surface area contributed by atoms with Crippen molar-refractivity contribution in [3.8, 4) is 0 Å². The van der Waals surface area contributed by atoms with Gasteiger partial charge in [-0.05, 0) is 31.5 Å². The number of amides is 1. The van der Waals surface area contributed by atoms with Gasteiger partial charge in [0.15, 0.2) is 4.77 Å². The molecule has 1 aromatic rings. The average Bonchev–Trinajstić information content (AvgIpc) is 2.97. The molecule has 6 heteroatoms. The molecule has 1 atom stereocenters. The van der Waals surface area contributed by atoms with Gasteiger partial charge in [0.2, 0.25) is 5.91 Å². The SMILES string of the molecule is CN1CCC(n2c(C3CC3)n[nH]c2=S)C1=O. The second-order valence-corrected chi connectivity index (χ2v) is 4.98. The predicted molar refractivity (Wildman–Crippen MR) is 60.7 cm³/mol. The van der Waals surface area contributed by atoms with Crippen molar-refractivity contribution < 1.29 is 4.79 Å². The van der Waals surface area contributed by atoms with E-state index in [4.69, 9.17) is 12.2 Å². The smallest absolute Gasteiger partial charge is 0.245 e. The van der Waals surface area contributed by atoms with Gasteiger partial charge in [0.25, 0.3) is 0 Å². The Morgan fingerprint density at radius 1 is 1.44 bits per heavy atom. The molecule has 0 aromatic carbocycles. The van der Waals surface area contributed by atoms with Crippen molar-refractivity contribution in [3.63, 3.8) is 0 Å². The number of aromatic nitrogens is 3. The van der Waals surface area contributed by atoms with E-state index < -0.39 is 0 Å².